The molecule has 7 nitrogen and oxygen atoms in total. The number of carbonyl (C=O) groups is 4. The van der Waals surface area contributed by atoms with Gasteiger partial charge in [-0.3, -0.25) is 24.2 Å². The molecular weight excluding hydrogens is 379 g/mol. The van der Waals surface area contributed by atoms with Gasteiger partial charge in [0.25, 0.3) is 0 Å². The van der Waals surface area contributed by atoms with Gasteiger partial charge in [-0.1, -0.05) is 38.1 Å². The molecule has 1 heterocycles. The lowest BCUT2D eigenvalue weighted by Gasteiger charge is -2.23. The maximum atomic E-state index is 12.9. The van der Waals surface area contributed by atoms with E-state index < -0.39 is 42.7 Å². The molecule has 0 bridgehead atoms. The molecular formula is C21H23FN2O5. The highest BCUT2D eigenvalue weighted by atomic mass is 19.1. The Morgan fingerprint density at radius 1 is 1.10 bits per heavy atom. The number of aliphatic carboxylic acids is 1. The number of Topliss-reactive ketones (excluding diaryl/α,β-unsaturated/α-hetero) is 2. The van der Waals surface area contributed by atoms with E-state index in [-0.39, 0.29) is 23.8 Å². The number of carboxylic acid groups (broad SMARTS) is 1. The summed E-state index contributed by atoms with van der Waals surface area (Å²) < 4.78 is 12.7. The lowest BCUT2D eigenvalue weighted by atomic mass is 9.88. The van der Waals surface area contributed by atoms with E-state index in [1.165, 1.54) is 6.20 Å². The molecule has 8 heteroatoms. The van der Waals surface area contributed by atoms with E-state index in [0.717, 1.165) is 5.39 Å². The van der Waals surface area contributed by atoms with Crippen molar-refractivity contribution in [2.75, 3.05) is 6.67 Å². The molecule has 1 aromatic carbocycles. The van der Waals surface area contributed by atoms with Gasteiger partial charge in [-0.15, -0.1) is 0 Å². The van der Waals surface area contributed by atoms with Gasteiger partial charge in [0.2, 0.25) is 5.91 Å². The van der Waals surface area contributed by atoms with Gasteiger partial charge in [0.15, 0.2) is 11.6 Å². The first-order chi connectivity index (χ1) is 13.7. The standard InChI is InChI=1S/C21H23FN2O5/c1-12(2)15(21(29)24-16(10-19(27)28)18(26)11-22)9-17(25)20-14-6-4-3-5-13(14)7-8-23-20/h3-8,12,15-16H,9-11H2,1-2H3,(H,24,29)(H,27,28). The van der Waals surface area contributed by atoms with Gasteiger partial charge in [-0.05, 0) is 17.4 Å². The fraction of sp³-hybridized carbons (Fsp3) is 0.381. The second-order valence-corrected chi connectivity index (χ2v) is 7.12. The van der Waals surface area contributed by atoms with Gasteiger partial charge in [0, 0.05) is 23.9 Å². The number of hydrogen-bond acceptors (Lipinski definition) is 5. The van der Waals surface area contributed by atoms with Crippen molar-refractivity contribution in [3.05, 3.63) is 42.2 Å². The average molecular weight is 402 g/mol. The lowest BCUT2D eigenvalue weighted by molar-refractivity contribution is -0.140. The number of amides is 1. The Kier molecular flexibility index (Phi) is 7.52. The Hall–Kier alpha value is -3.16. The quantitative estimate of drug-likeness (QED) is 0.591. The molecule has 2 aromatic rings. The molecule has 0 fully saturated rings. The smallest absolute Gasteiger partial charge is 0.305 e. The molecule has 29 heavy (non-hydrogen) atoms. The van der Waals surface area contributed by atoms with E-state index >= 15 is 0 Å². The van der Waals surface area contributed by atoms with Gasteiger partial charge < -0.3 is 10.4 Å². The first kappa shape index (κ1) is 22.1. The summed E-state index contributed by atoms with van der Waals surface area (Å²) in [7, 11) is 0. The summed E-state index contributed by atoms with van der Waals surface area (Å²) in [6.45, 7) is 2.08. The summed E-state index contributed by atoms with van der Waals surface area (Å²) >= 11 is 0. The monoisotopic (exact) mass is 402 g/mol. The predicted octanol–water partition coefficient (Wildman–Crippen LogP) is 2.58. The Balaban J connectivity index is 2.22. The summed E-state index contributed by atoms with van der Waals surface area (Å²) in [5.41, 5.74) is 0.239. The normalized spacial score (nSPS) is 13.1. The van der Waals surface area contributed by atoms with Crippen LogP contribution in [0.1, 0.15) is 37.2 Å². The zero-order chi connectivity index (χ0) is 21.6. The van der Waals surface area contributed by atoms with E-state index in [4.69, 9.17) is 5.11 Å². The van der Waals surface area contributed by atoms with Crippen LogP contribution in [0.25, 0.3) is 10.8 Å². The number of pyridine rings is 1. The van der Waals surface area contributed by atoms with Crippen LogP contribution in [0.5, 0.6) is 0 Å². The zero-order valence-corrected chi connectivity index (χ0v) is 16.2. The number of benzene rings is 1. The number of aromatic nitrogens is 1. The molecule has 0 radical (unpaired) electrons. The minimum absolute atomic E-state index is 0.173. The molecule has 0 aliphatic carbocycles. The highest BCUT2D eigenvalue weighted by Gasteiger charge is 2.31. The molecule has 1 aromatic heterocycles. The van der Waals surface area contributed by atoms with E-state index in [1.807, 2.05) is 12.1 Å². The molecule has 0 saturated carbocycles. The van der Waals surface area contributed by atoms with Gasteiger partial charge in [0.1, 0.15) is 18.4 Å². The molecule has 2 unspecified atom stereocenters. The van der Waals surface area contributed by atoms with E-state index in [2.05, 4.69) is 10.3 Å². The van der Waals surface area contributed by atoms with Gasteiger partial charge in [-0.2, -0.15) is 0 Å². The number of nitrogens with one attached hydrogen (secondary N) is 1. The number of nitrogens with zero attached hydrogens (tertiary/aromatic N) is 1. The number of ketones is 2. The first-order valence-corrected chi connectivity index (χ1v) is 9.22. The fourth-order valence-electron chi connectivity index (χ4n) is 3.06. The SMILES string of the molecule is CC(C)C(CC(=O)c1nccc2ccccc12)C(=O)NC(CC(=O)O)C(=O)CF. The van der Waals surface area contributed by atoms with Gasteiger partial charge in [0.05, 0.1) is 6.42 Å². The summed E-state index contributed by atoms with van der Waals surface area (Å²) in [5.74, 6) is -4.48. The van der Waals surface area contributed by atoms with Crippen molar-refractivity contribution >= 4 is 34.2 Å². The minimum atomic E-state index is -1.47. The average Bonchev–Trinajstić information content (AvgIpc) is 2.69. The molecule has 0 saturated heterocycles. The fourth-order valence-corrected chi connectivity index (χ4v) is 3.06. The molecule has 2 atom stereocenters. The maximum Gasteiger partial charge on any atom is 0.305 e. The zero-order valence-electron chi connectivity index (χ0n) is 16.2. The molecule has 0 aliphatic heterocycles. The number of rotatable bonds is 10. The van der Waals surface area contributed by atoms with Crippen molar-refractivity contribution < 1.29 is 28.7 Å². The highest BCUT2D eigenvalue weighted by molar-refractivity contribution is 6.07. The van der Waals surface area contributed by atoms with Crippen molar-refractivity contribution in [3.8, 4) is 0 Å². The second-order valence-electron chi connectivity index (χ2n) is 7.12. The third-order valence-corrected chi connectivity index (χ3v) is 4.70. The number of hydrogen-bond donors (Lipinski definition) is 2. The molecule has 0 spiro atoms. The Morgan fingerprint density at radius 2 is 1.79 bits per heavy atom. The summed E-state index contributed by atoms with van der Waals surface area (Å²) in [6.07, 6.45) is 0.620. The molecule has 2 N–H and O–H groups in total. The number of fused-ring (bicyclic) bond motifs is 1. The Morgan fingerprint density at radius 3 is 2.41 bits per heavy atom. The van der Waals surface area contributed by atoms with Crippen molar-refractivity contribution in [3.63, 3.8) is 0 Å². The summed E-state index contributed by atoms with van der Waals surface area (Å²) in [6, 6.07) is 7.54. The third-order valence-electron chi connectivity index (χ3n) is 4.70. The molecule has 1 amide bonds. The van der Waals surface area contributed by atoms with E-state index in [0.29, 0.717) is 5.39 Å². The topological polar surface area (TPSA) is 113 Å². The lowest BCUT2D eigenvalue weighted by Crippen LogP contribution is -2.46. The minimum Gasteiger partial charge on any atom is -0.481 e. The Labute approximate surface area is 167 Å². The Bertz CT molecular complexity index is 923. The number of halogens is 1. The number of carboxylic acids is 1. The van der Waals surface area contributed by atoms with Crippen LogP contribution in [0.4, 0.5) is 4.39 Å². The van der Waals surface area contributed by atoms with Crippen molar-refractivity contribution in [2.24, 2.45) is 11.8 Å². The van der Waals surface area contributed by atoms with E-state index in [9.17, 15) is 23.6 Å². The van der Waals surface area contributed by atoms with Crippen LogP contribution in [0.2, 0.25) is 0 Å². The van der Waals surface area contributed by atoms with Crippen molar-refractivity contribution in [1.82, 2.24) is 10.3 Å². The molecule has 154 valence electrons. The second kappa shape index (κ2) is 9.86. The van der Waals surface area contributed by atoms with Crippen LogP contribution in [0.3, 0.4) is 0 Å². The van der Waals surface area contributed by atoms with E-state index in [1.54, 1.807) is 32.0 Å². The maximum absolute atomic E-state index is 12.9. The van der Waals surface area contributed by atoms with Crippen LogP contribution in [0, 0.1) is 11.8 Å². The van der Waals surface area contributed by atoms with Gasteiger partial charge in [-0.25, -0.2) is 4.39 Å². The number of alkyl halides is 1. The number of carbonyl (C=O) groups excluding carboxylic acids is 3. The van der Waals surface area contributed by atoms with Crippen LogP contribution >= 0.6 is 0 Å². The summed E-state index contributed by atoms with van der Waals surface area (Å²) in [5, 5.41) is 12.7. The summed E-state index contributed by atoms with van der Waals surface area (Å²) in [4.78, 5) is 52.3. The predicted molar refractivity (Wildman–Crippen MR) is 104 cm³/mol. The van der Waals surface area contributed by atoms with Crippen LogP contribution in [-0.2, 0) is 14.4 Å². The van der Waals surface area contributed by atoms with Gasteiger partial charge >= 0.3 is 5.97 Å². The van der Waals surface area contributed by atoms with Crippen molar-refractivity contribution in [1.29, 1.82) is 0 Å². The van der Waals surface area contributed by atoms with Crippen LogP contribution in [0.15, 0.2) is 36.5 Å². The first-order valence-electron chi connectivity index (χ1n) is 9.22. The van der Waals surface area contributed by atoms with Crippen LogP contribution in [-0.4, -0.2) is 46.2 Å². The molecule has 0 aliphatic rings. The van der Waals surface area contributed by atoms with Crippen LogP contribution < -0.4 is 5.32 Å². The molecule has 2 rings (SSSR count). The third kappa shape index (κ3) is 5.66. The largest absolute Gasteiger partial charge is 0.481 e. The van der Waals surface area contributed by atoms with Crippen molar-refractivity contribution in [2.45, 2.75) is 32.7 Å². The highest BCUT2D eigenvalue weighted by Crippen LogP contribution is 2.23.